The number of nitrogens with zero attached hydrogens (tertiary/aromatic N) is 6. The number of para-hydroxylation sites is 1. The number of hydrogen-bond donors (Lipinski definition) is 2. The SMILES string of the molecule is CN1CN(c2c(Cl)cccc2Cl)C(=O)c2cnc(Nc3ccc(N4CCN(C)[C@H](CO)C4)c(F)c3)nc21. The summed E-state index contributed by atoms with van der Waals surface area (Å²) in [6, 6.07) is 9.87. The van der Waals surface area contributed by atoms with Crippen LogP contribution in [-0.2, 0) is 0 Å². The molecule has 9 nitrogen and oxygen atoms in total. The Labute approximate surface area is 224 Å². The normalized spacial score (nSPS) is 18.3. The number of aromatic nitrogens is 2. The Bertz CT molecular complexity index is 1320. The van der Waals surface area contributed by atoms with E-state index in [1.54, 1.807) is 42.3 Å². The number of halogens is 3. The Balaban J connectivity index is 1.35. The summed E-state index contributed by atoms with van der Waals surface area (Å²) in [6.07, 6.45) is 1.43. The Morgan fingerprint density at radius 1 is 1.16 bits per heavy atom. The van der Waals surface area contributed by atoms with Crippen molar-refractivity contribution in [3.63, 3.8) is 0 Å². The van der Waals surface area contributed by atoms with Crippen molar-refractivity contribution in [1.29, 1.82) is 0 Å². The van der Waals surface area contributed by atoms with Gasteiger partial charge in [0.15, 0.2) is 0 Å². The van der Waals surface area contributed by atoms with Crippen LogP contribution >= 0.6 is 23.2 Å². The van der Waals surface area contributed by atoms with Crippen molar-refractivity contribution in [2.75, 3.05) is 67.0 Å². The minimum Gasteiger partial charge on any atom is -0.395 e. The maximum atomic E-state index is 15.0. The van der Waals surface area contributed by atoms with Gasteiger partial charge in [-0.25, -0.2) is 9.37 Å². The second-order valence-electron chi connectivity index (χ2n) is 9.13. The van der Waals surface area contributed by atoms with Crippen molar-refractivity contribution in [2.45, 2.75) is 6.04 Å². The Hall–Kier alpha value is -3.18. The lowest BCUT2D eigenvalue weighted by atomic mass is 10.1. The van der Waals surface area contributed by atoms with Crippen molar-refractivity contribution in [3.05, 3.63) is 64.0 Å². The van der Waals surface area contributed by atoms with Gasteiger partial charge in [-0.2, -0.15) is 4.98 Å². The molecule has 0 unspecified atom stereocenters. The predicted octanol–water partition coefficient (Wildman–Crippen LogP) is 3.83. The lowest BCUT2D eigenvalue weighted by Gasteiger charge is -2.39. The molecule has 1 atom stereocenters. The summed E-state index contributed by atoms with van der Waals surface area (Å²) < 4.78 is 15.0. The second-order valence-corrected chi connectivity index (χ2v) is 9.94. The van der Waals surface area contributed by atoms with E-state index in [2.05, 4.69) is 20.2 Å². The molecular weight excluding hydrogens is 520 g/mol. The third-order valence-electron chi connectivity index (χ3n) is 6.70. The highest BCUT2D eigenvalue weighted by Crippen LogP contribution is 2.37. The largest absolute Gasteiger partial charge is 0.395 e. The predicted molar refractivity (Wildman–Crippen MR) is 144 cm³/mol. The van der Waals surface area contributed by atoms with Gasteiger partial charge in [0, 0.05) is 38.6 Å². The second kappa shape index (κ2) is 10.3. The number of hydrogen-bond acceptors (Lipinski definition) is 8. The van der Waals surface area contributed by atoms with Crippen molar-refractivity contribution >= 4 is 57.9 Å². The molecule has 194 valence electrons. The van der Waals surface area contributed by atoms with Crippen LogP contribution in [0.1, 0.15) is 10.4 Å². The lowest BCUT2D eigenvalue weighted by molar-refractivity contribution is 0.0982. The first-order valence-electron chi connectivity index (χ1n) is 11.7. The number of rotatable bonds is 5. The number of piperazine rings is 1. The van der Waals surface area contributed by atoms with Crippen LogP contribution in [0.15, 0.2) is 42.6 Å². The molecule has 0 spiro atoms. The van der Waals surface area contributed by atoms with Crippen LogP contribution in [0, 0.1) is 5.82 Å². The fourth-order valence-corrected chi connectivity index (χ4v) is 5.22. The number of aliphatic hydroxyl groups is 1. The fraction of sp³-hybridized carbons (Fsp3) is 0.320. The van der Waals surface area contributed by atoms with Crippen molar-refractivity contribution < 1.29 is 14.3 Å². The van der Waals surface area contributed by atoms with Gasteiger partial charge in [0.1, 0.15) is 17.2 Å². The smallest absolute Gasteiger partial charge is 0.265 e. The summed E-state index contributed by atoms with van der Waals surface area (Å²) in [6.45, 7) is 2.15. The van der Waals surface area contributed by atoms with E-state index < -0.39 is 0 Å². The number of benzene rings is 2. The van der Waals surface area contributed by atoms with Gasteiger partial charge < -0.3 is 20.2 Å². The number of carbonyl (C=O) groups excluding carboxylic acids is 1. The number of amides is 1. The molecule has 0 saturated carbocycles. The van der Waals surface area contributed by atoms with Gasteiger partial charge in [-0.05, 0) is 37.4 Å². The van der Waals surface area contributed by atoms with Crippen LogP contribution in [0.4, 0.5) is 33.2 Å². The molecular formula is C25H26Cl2FN7O2. The Morgan fingerprint density at radius 2 is 1.92 bits per heavy atom. The highest BCUT2D eigenvalue weighted by molar-refractivity contribution is 6.40. The molecule has 3 aromatic rings. The van der Waals surface area contributed by atoms with Crippen LogP contribution in [0.2, 0.25) is 10.0 Å². The monoisotopic (exact) mass is 545 g/mol. The van der Waals surface area contributed by atoms with Crippen LogP contribution in [0.3, 0.4) is 0 Å². The van der Waals surface area contributed by atoms with Gasteiger partial charge in [-0.1, -0.05) is 29.3 Å². The highest BCUT2D eigenvalue weighted by atomic mass is 35.5. The Kier molecular flexibility index (Phi) is 7.09. The Morgan fingerprint density at radius 3 is 2.62 bits per heavy atom. The van der Waals surface area contributed by atoms with Gasteiger partial charge >= 0.3 is 0 Å². The first-order valence-corrected chi connectivity index (χ1v) is 12.5. The average molecular weight is 546 g/mol. The zero-order valence-corrected chi connectivity index (χ0v) is 21.8. The van der Waals surface area contributed by atoms with E-state index in [1.807, 2.05) is 11.9 Å². The maximum absolute atomic E-state index is 15.0. The number of anilines is 5. The third-order valence-corrected chi connectivity index (χ3v) is 7.31. The standard InChI is InChI=1S/C25H26Cl2FN7O2/c1-32-8-9-34(12-16(32)13-36)21-7-6-15(10-20(21)28)30-25-29-11-17-23(31-25)33(2)14-35(24(17)37)22-18(26)4-3-5-19(22)27/h3-7,10-11,16,36H,8-9,12-14H2,1-2H3,(H,29,30,31)/t16-/m0/s1. The van der Waals surface area contributed by atoms with Crippen molar-refractivity contribution in [2.24, 2.45) is 0 Å². The summed E-state index contributed by atoms with van der Waals surface area (Å²) >= 11 is 12.7. The molecule has 37 heavy (non-hydrogen) atoms. The van der Waals surface area contributed by atoms with Gasteiger partial charge in [0.2, 0.25) is 5.95 Å². The van der Waals surface area contributed by atoms with Crippen LogP contribution in [0.5, 0.6) is 0 Å². The number of nitrogens with one attached hydrogen (secondary N) is 1. The summed E-state index contributed by atoms with van der Waals surface area (Å²) in [7, 11) is 3.75. The van der Waals surface area contributed by atoms with Crippen LogP contribution < -0.4 is 20.0 Å². The third kappa shape index (κ3) is 4.89. The van der Waals surface area contributed by atoms with Gasteiger partial charge in [0.05, 0.1) is 40.7 Å². The summed E-state index contributed by atoms with van der Waals surface area (Å²) in [5.41, 5.74) is 1.68. The molecule has 2 aromatic carbocycles. The fourth-order valence-electron chi connectivity index (χ4n) is 4.61. The summed E-state index contributed by atoms with van der Waals surface area (Å²) in [5, 5.41) is 13.4. The average Bonchev–Trinajstić information content (AvgIpc) is 2.87. The molecule has 2 N–H and O–H groups in total. The maximum Gasteiger partial charge on any atom is 0.265 e. The molecule has 0 bridgehead atoms. The van der Waals surface area contributed by atoms with Crippen molar-refractivity contribution in [1.82, 2.24) is 14.9 Å². The molecule has 1 saturated heterocycles. The number of aliphatic hydroxyl groups excluding tert-OH is 1. The van der Waals surface area contributed by atoms with Crippen LogP contribution in [-0.4, -0.2) is 78.9 Å². The highest BCUT2D eigenvalue weighted by Gasteiger charge is 2.33. The van der Waals surface area contributed by atoms with Gasteiger partial charge in [0.25, 0.3) is 5.91 Å². The number of likely N-dealkylation sites (N-methyl/N-ethyl adjacent to an activating group) is 1. The topological polar surface area (TPSA) is 88.1 Å². The van der Waals surface area contributed by atoms with Crippen LogP contribution in [0.25, 0.3) is 0 Å². The lowest BCUT2D eigenvalue weighted by Crippen LogP contribution is -2.53. The van der Waals surface area contributed by atoms with E-state index in [4.69, 9.17) is 23.2 Å². The van der Waals surface area contributed by atoms with E-state index in [-0.39, 0.29) is 37.0 Å². The molecule has 1 aromatic heterocycles. The number of carbonyl (C=O) groups is 1. The minimum atomic E-state index is -0.385. The molecule has 1 fully saturated rings. The molecule has 0 radical (unpaired) electrons. The molecule has 1 amide bonds. The zero-order valence-electron chi connectivity index (χ0n) is 20.3. The van der Waals surface area contributed by atoms with E-state index in [0.717, 1.165) is 6.54 Å². The first kappa shape index (κ1) is 25.5. The van der Waals surface area contributed by atoms with E-state index >= 15 is 4.39 Å². The van der Waals surface area contributed by atoms with Gasteiger partial charge in [-0.3, -0.25) is 14.6 Å². The molecule has 0 aliphatic carbocycles. The van der Waals surface area contributed by atoms with E-state index in [1.165, 1.54) is 17.2 Å². The number of fused-ring (bicyclic) bond motifs is 1. The zero-order chi connectivity index (χ0) is 26.3. The molecule has 2 aliphatic heterocycles. The molecule has 3 heterocycles. The summed E-state index contributed by atoms with van der Waals surface area (Å²) in [5.74, 6) is -0.0385. The molecule has 2 aliphatic rings. The minimum absolute atomic E-state index is 0.0179. The van der Waals surface area contributed by atoms with Crippen molar-refractivity contribution in [3.8, 4) is 0 Å². The van der Waals surface area contributed by atoms with Gasteiger partial charge in [-0.15, -0.1) is 0 Å². The molecule has 5 rings (SSSR count). The summed E-state index contributed by atoms with van der Waals surface area (Å²) in [4.78, 5) is 29.3. The quantitative estimate of drug-likeness (QED) is 0.500. The first-order chi connectivity index (χ1) is 17.8. The molecule has 12 heteroatoms. The van der Waals surface area contributed by atoms with E-state index in [0.29, 0.717) is 51.6 Å². The van der Waals surface area contributed by atoms with E-state index in [9.17, 15) is 9.90 Å².